The van der Waals surface area contributed by atoms with Gasteiger partial charge in [0.1, 0.15) is 5.82 Å². The number of nitrogens with two attached hydrogens (primary N) is 1. The van der Waals surface area contributed by atoms with Gasteiger partial charge in [-0.2, -0.15) is 9.61 Å². The van der Waals surface area contributed by atoms with Gasteiger partial charge in [0.15, 0.2) is 5.65 Å². The highest BCUT2D eigenvalue weighted by Gasteiger charge is 2.23. The van der Waals surface area contributed by atoms with Crippen LogP contribution in [0.5, 0.6) is 0 Å². The Balaban J connectivity index is 1.65. The van der Waals surface area contributed by atoms with Gasteiger partial charge >= 0.3 is 0 Å². The molecule has 130 valence electrons. The molecule has 2 aromatic heterocycles. The number of fused-ring (bicyclic) bond motifs is 1. The van der Waals surface area contributed by atoms with Crippen LogP contribution in [0.1, 0.15) is 63.1 Å². The molecule has 2 aliphatic carbocycles. The molecule has 0 radical (unpaired) electrons. The molecule has 2 aliphatic rings. The molecule has 2 aromatic rings. The Morgan fingerprint density at radius 1 is 1.25 bits per heavy atom. The second-order valence-corrected chi connectivity index (χ2v) is 7.66. The summed E-state index contributed by atoms with van der Waals surface area (Å²) < 4.78 is 1.99. The average Bonchev–Trinajstić information content (AvgIpc) is 3.29. The van der Waals surface area contributed by atoms with Crippen molar-refractivity contribution in [2.45, 2.75) is 76.8 Å². The van der Waals surface area contributed by atoms with Gasteiger partial charge in [0.25, 0.3) is 0 Å². The van der Waals surface area contributed by atoms with Crippen molar-refractivity contribution in [1.29, 1.82) is 0 Å². The van der Waals surface area contributed by atoms with Crippen LogP contribution < -0.4 is 11.1 Å². The zero-order chi connectivity index (χ0) is 16.5. The van der Waals surface area contributed by atoms with Gasteiger partial charge in [0, 0.05) is 29.4 Å². The number of anilines is 1. The molecule has 5 nitrogen and oxygen atoms in total. The van der Waals surface area contributed by atoms with Crippen LogP contribution in [0.3, 0.4) is 0 Å². The Kier molecular flexibility index (Phi) is 4.44. The first-order valence-electron chi connectivity index (χ1n) is 9.61. The molecule has 0 aliphatic heterocycles. The molecule has 3 N–H and O–H groups in total. The summed E-state index contributed by atoms with van der Waals surface area (Å²) in [6, 6.07) is 3.02. The third-order valence-corrected chi connectivity index (χ3v) is 5.78. The molecule has 24 heavy (non-hydrogen) atoms. The van der Waals surface area contributed by atoms with E-state index in [0.717, 1.165) is 49.5 Å². The molecular weight excluding hydrogens is 298 g/mol. The van der Waals surface area contributed by atoms with Gasteiger partial charge < -0.3 is 11.1 Å². The fourth-order valence-electron chi connectivity index (χ4n) is 4.38. The lowest BCUT2D eigenvalue weighted by atomic mass is 10.0. The van der Waals surface area contributed by atoms with E-state index in [2.05, 4.69) is 23.4 Å². The van der Waals surface area contributed by atoms with Crippen LogP contribution in [0.15, 0.2) is 12.3 Å². The molecule has 2 heterocycles. The number of aryl methyl sites for hydroxylation is 1. The summed E-state index contributed by atoms with van der Waals surface area (Å²) in [5.41, 5.74) is 9.55. The van der Waals surface area contributed by atoms with Crippen LogP contribution in [0, 0.1) is 5.92 Å². The molecule has 2 saturated carbocycles. The minimum absolute atomic E-state index is 0.335. The van der Waals surface area contributed by atoms with E-state index >= 15 is 0 Å². The van der Waals surface area contributed by atoms with E-state index in [1.165, 1.54) is 36.9 Å². The molecule has 2 atom stereocenters. The van der Waals surface area contributed by atoms with Crippen LogP contribution in [-0.2, 0) is 12.8 Å². The van der Waals surface area contributed by atoms with E-state index in [9.17, 15) is 0 Å². The number of rotatable bonds is 5. The van der Waals surface area contributed by atoms with Crippen molar-refractivity contribution >= 4 is 11.5 Å². The van der Waals surface area contributed by atoms with Crippen molar-refractivity contribution in [3.8, 4) is 0 Å². The number of nitrogens with one attached hydrogen (secondary N) is 1. The standard InChI is InChI=1S/C19H29N5/c1-2-14-12-21-24-18(22-16-8-7-15(20)10-16)11-17(23-19(14)24)9-13-5-3-4-6-13/h11-13,15-16,22H,2-10,20H2,1H3/t15-,16-/m0/s1. The molecule has 5 heteroatoms. The van der Waals surface area contributed by atoms with E-state index in [0.29, 0.717) is 12.1 Å². The Labute approximate surface area is 144 Å². The summed E-state index contributed by atoms with van der Waals surface area (Å²) in [5.74, 6) is 1.90. The van der Waals surface area contributed by atoms with E-state index in [4.69, 9.17) is 10.7 Å². The van der Waals surface area contributed by atoms with Gasteiger partial charge in [-0.1, -0.05) is 32.6 Å². The summed E-state index contributed by atoms with van der Waals surface area (Å²) in [4.78, 5) is 4.96. The Hall–Kier alpha value is -1.62. The van der Waals surface area contributed by atoms with Crippen LogP contribution in [0.4, 0.5) is 5.82 Å². The highest BCUT2D eigenvalue weighted by atomic mass is 15.3. The normalized spacial score (nSPS) is 24.9. The lowest BCUT2D eigenvalue weighted by Crippen LogP contribution is -2.22. The maximum absolute atomic E-state index is 6.08. The monoisotopic (exact) mass is 327 g/mol. The summed E-state index contributed by atoms with van der Waals surface area (Å²) in [5, 5.41) is 8.28. The number of hydrogen-bond acceptors (Lipinski definition) is 4. The van der Waals surface area contributed by atoms with E-state index < -0.39 is 0 Å². The SMILES string of the molecule is CCc1cnn2c(N[C@H]3CC[C@H](N)C3)cc(CC3CCCC3)nc12. The van der Waals surface area contributed by atoms with Crippen LogP contribution in [0.25, 0.3) is 5.65 Å². The molecule has 0 bridgehead atoms. The molecule has 0 unspecified atom stereocenters. The zero-order valence-corrected chi connectivity index (χ0v) is 14.7. The molecule has 0 amide bonds. The highest BCUT2D eigenvalue weighted by molar-refractivity contribution is 5.54. The zero-order valence-electron chi connectivity index (χ0n) is 14.7. The van der Waals surface area contributed by atoms with Crippen LogP contribution >= 0.6 is 0 Å². The predicted molar refractivity (Wildman–Crippen MR) is 97.3 cm³/mol. The fraction of sp³-hybridized carbons (Fsp3) is 0.684. The molecule has 0 aromatic carbocycles. The summed E-state index contributed by atoms with van der Waals surface area (Å²) in [6.07, 6.45) is 12.8. The first-order valence-corrected chi connectivity index (χ1v) is 9.61. The minimum Gasteiger partial charge on any atom is -0.367 e. The van der Waals surface area contributed by atoms with Crippen LogP contribution in [0.2, 0.25) is 0 Å². The summed E-state index contributed by atoms with van der Waals surface area (Å²) in [7, 11) is 0. The molecule has 0 saturated heterocycles. The maximum atomic E-state index is 6.08. The Bertz CT molecular complexity index is 701. The number of hydrogen-bond donors (Lipinski definition) is 2. The highest BCUT2D eigenvalue weighted by Crippen LogP contribution is 2.29. The molecule has 2 fully saturated rings. The average molecular weight is 327 g/mol. The Morgan fingerprint density at radius 3 is 2.79 bits per heavy atom. The van der Waals surface area contributed by atoms with Crippen LogP contribution in [-0.4, -0.2) is 26.7 Å². The second-order valence-electron chi connectivity index (χ2n) is 7.66. The van der Waals surface area contributed by atoms with Gasteiger partial charge in [-0.15, -0.1) is 0 Å². The largest absolute Gasteiger partial charge is 0.367 e. The topological polar surface area (TPSA) is 68.2 Å². The second kappa shape index (κ2) is 6.71. The van der Waals surface area contributed by atoms with Crippen molar-refractivity contribution < 1.29 is 0 Å². The molecule has 0 spiro atoms. The quantitative estimate of drug-likeness (QED) is 0.884. The first-order chi connectivity index (χ1) is 11.7. The van der Waals surface area contributed by atoms with Crippen molar-refractivity contribution in [2.75, 3.05) is 5.32 Å². The predicted octanol–water partition coefficient (Wildman–Crippen LogP) is 3.32. The van der Waals surface area contributed by atoms with Gasteiger partial charge in [-0.05, 0) is 38.0 Å². The maximum Gasteiger partial charge on any atom is 0.160 e. The smallest absolute Gasteiger partial charge is 0.160 e. The fourth-order valence-corrected chi connectivity index (χ4v) is 4.38. The van der Waals surface area contributed by atoms with Gasteiger partial charge in [0.05, 0.1) is 6.20 Å². The van der Waals surface area contributed by atoms with Gasteiger partial charge in [-0.3, -0.25) is 0 Å². The minimum atomic E-state index is 0.335. The van der Waals surface area contributed by atoms with E-state index in [-0.39, 0.29) is 0 Å². The van der Waals surface area contributed by atoms with Gasteiger partial charge in [-0.25, -0.2) is 4.98 Å². The summed E-state index contributed by atoms with van der Waals surface area (Å²) >= 11 is 0. The lowest BCUT2D eigenvalue weighted by Gasteiger charge is -2.17. The Morgan fingerprint density at radius 2 is 2.08 bits per heavy atom. The summed E-state index contributed by atoms with van der Waals surface area (Å²) in [6.45, 7) is 2.17. The van der Waals surface area contributed by atoms with Crippen molar-refractivity contribution in [2.24, 2.45) is 11.7 Å². The molecular formula is C19H29N5. The number of nitrogens with zero attached hydrogens (tertiary/aromatic N) is 3. The van der Waals surface area contributed by atoms with Crippen molar-refractivity contribution in [3.05, 3.63) is 23.5 Å². The van der Waals surface area contributed by atoms with E-state index in [1.54, 1.807) is 0 Å². The third-order valence-electron chi connectivity index (χ3n) is 5.78. The van der Waals surface area contributed by atoms with Crippen molar-refractivity contribution in [1.82, 2.24) is 14.6 Å². The van der Waals surface area contributed by atoms with Gasteiger partial charge in [0.2, 0.25) is 0 Å². The first kappa shape index (κ1) is 15.9. The lowest BCUT2D eigenvalue weighted by molar-refractivity contribution is 0.539. The number of aromatic nitrogens is 3. The third kappa shape index (κ3) is 3.14. The van der Waals surface area contributed by atoms with Crippen molar-refractivity contribution in [3.63, 3.8) is 0 Å². The molecule has 4 rings (SSSR count). The van der Waals surface area contributed by atoms with E-state index in [1.807, 2.05) is 10.7 Å².